The second-order valence-corrected chi connectivity index (χ2v) is 6.33. The van der Waals surface area contributed by atoms with Gasteiger partial charge in [-0.15, -0.1) is 0 Å². The van der Waals surface area contributed by atoms with Crippen molar-refractivity contribution in [1.82, 2.24) is 5.32 Å². The molecule has 1 aliphatic heterocycles. The molecule has 1 aromatic carbocycles. The van der Waals surface area contributed by atoms with E-state index in [1.807, 2.05) is 6.07 Å². The van der Waals surface area contributed by atoms with E-state index in [1.165, 1.54) is 31.2 Å². The Morgan fingerprint density at radius 1 is 1.32 bits per heavy atom. The first-order chi connectivity index (χ1) is 9.31. The molecule has 0 amide bonds. The predicted molar refractivity (Wildman–Crippen MR) is 78.8 cm³/mol. The van der Waals surface area contributed by atoms with Crippen LogP contribution in [0.5, 0.6) is 0 Å². The Hall–Kier alpha value is -0.570. The minimum atomic E-state index is 0.700. The average Bonchev–Trinajstić information content (AvgIpc) is 2.85. The van der Waals surface area contributed by atoms with E-state index in [9.17, 15) is 0 Å². The van der Waals surface area contributed by atoms with Crippen LogP contribution in [-0.2, 0) is 4.74 Å². The number of nitrogens with one attached hydrogen (secondary N) is 1. The van der Waals surface area contributed by atoms with Crippen molar-refractivity contribution < 1.29 is 4.74 Å². The number of rotatable bonds is 5. The summed E-state index contributed by atoms with van der Waals surface area (Å²) in [5, 5.41) is 4.53. The first-order valence-corrected chi connectivity index (χ1v) is 7.75. The summed E-state index contributed by atoms with van der Waals surface area (Å²) >= 11 is 6.04. The van der Waals surface area contributed by atoms with E-state index in [0.29, 0.717) is 12.0 Å². The fourth-order valence-corrected chi connectivity index (χ4v) is 3.32. The quantitative estimate of drug-likeness (QED) is 0.889. The zero-order valence-corrected chi connectivity index (χ0v) is 12.0. The van der Waals surface area contributed by atoms with Gasteiger partial charge in [0.2, 0.25) is 0 Å². The summed E-state index contributed by atoms with van der Waals surface area (Å²) in [4.78, 5) is 0. The molecular formula is C16H22ClNO. The van der Waals surface area contributed by atoms with Crippen LogP contribution >= 0.6 is 11.6 Å². The second kappa shape index (κ2) is 6.25. The molecule has 2 aliphatic rings. The van der Waals surface area contributed by atoms with Gasteiger partial charge in [0.1, 0.15) is 0 Å². The van der Waals surface area contributed by atoms with Gasteiger partial charge >= 0.3 is 0 Å². The van der Waals surface area contributed by atoms with Crippen LogP contribution in [0, 0.1) is 5.92 Å². The third-order valence-corrected chi connectivity index (χ3v) is 4.70. The van der Waals surface area contributed by atoms with Crippen molar-refractivity contribution in [3.05, 3.63) is 34.9 Å². The van der Waals surface area contributed by atoms with E-state index < -0.39 is 0 Å². The molecule has 2 nitrogen and oxygen atoms in total. The topological polar surface area (TPSA) is 21.3 Å². The Morgan fingerprint density at radius 2 is 2.21 bits per heavy atom. The van der Waals surface area contributed by atoms with E-state index in [4.69, 9.17) is 16.3 Å². The molecule has 1 atom stereocenters. The van der Waals surface area contributed by atoms with Gasteiger partial charge in [-0.2, -0.15) is 0 Å². The Morgan fingerprint density at radius 3 is 2.95 bits per heavy atom. The summed E-state index contributed by atoms with van der Waals surface area (Å²) in [6.45, 7) is 3.07. The third-order valence-electron chi connectivity index (χ3n) is 4.47. The number of benzene rings is 1. The number of halogens is 1. The molecule has 1 unspecified atom stereocenters. The maximum Gasteiger partial charge on any atom is 0.0495 e. The van der Waals surface area contributed by atoms with Crippen LogP contribution in [-0.4, -0.2) is 25.8 Å². The zero-order valence-electron chi connectivity index (χ0n) is 11.3. The van der Waals surface area contributed by atoms with Gasteiger partial charge in [0.05, 0.1) is 0 Å². The van der Waals surface area contributed by atoms with Crippen molar-refractivity contribution >= 4 is 11.6 Å². The Kier molecular flexibility index (Phi) is 4.42. The van der Waals surface area contributed by atoms with Crippen molar-refractivity contribution in [2.75, 3.05) is 19.8 Å². The van der Waals surface area contributed by atoms with Crippen molar-refractivity contribution in [3.63, 3.8) is 0 Å². The maximum absolute atomic E-state index is 6.04. The van der Waals surface area contributed by atoms with Crippen LogP contribution in [0.2, 0.25) is 5.02 Å². The zero-order chi connectivity index (χ0) is 13.1. The smallest absolute Gasteiger partial charge is 0.0495 e. The molecule has 0 spiro atoms. The molecule has 1 saturated carbocycles. The number of ether oxygens (including phenoxy) is 1. The van der Waals surface area contributed by atoms with Crippen LogP contribution in [0.1, 0.15) is 37.2 Å². The molecule has 19 heavy (non-hydrogen) atoms. The molecule has 1 saturated heterocycles. The second-order valence-electron chi connectivity index (χ2n) is 5.89. The molecule has 0 aromatic heterocycles. The lowest BCUT2D eigenvalue weighted by Crippen LogP contribution is -2.40. The summed E-state index contributed by atoms with van der Waals surface area (Å²) in [5.41, 5.74) is 1.40. The molecule has 1 aromatic rings. The van der Waals surface area contributed by atoms with Gasteiger partial charge in [0, 0.05) is 24.3 Å². The van der Waals surface area contributed by atoms with Crippen LogP contribution < -0.4 is 5.32 Å². The molecule has 1 aliphatic carbocycles. The molecular weight excluding hydrogens is 258 g/mol. The predicted octanol–water partition coefficient (Wildman–Crippen LogP) is 3.60. The summed E-state index contributed by atoms with van der Waals surface area (Å²) in [7, 11) is 0. The molecule has 104 valence electrons. The van der Waals surface area contributed by atoms with Gasteiger partial charge < -0.3 is 10.1 Å². The molecule has 0 radical (unpaired) electrons. The van der Waals surface area contributed by atoms with E-state index in [1.54, 1.807) is 0 Å². The average molecular weight is 280 g/mol. The van der Waals surface area contributed by atoms with E-state index in [-0.39, 0.29) is 0 Å². The fourth-order valence-electron chi connectivity index (χ4n) is 3.12. The molecule has 3 heteroatoms. The third kappa shape index (κ3) is 3.50. The van der Waals surface area contributed by atoms with Crippen molar-refractivity contribution in [1.29, 1.82) is 0 Å². The standard InChI is InChI=1S/C16H22ClNO/c17-15-3-1-2-13(8-15)14-9-16(10-14)18-6-4-12-5-7-19-11-12/h1-3,8,12,14,16,18H,4-7,9-11H2. The highest BCUT2D eigenvalue weighted by atomic mass is 35.5. The summed E-state index contributed by atoms with van der Waals surface area (Å²) in [6.07, 6.45) is 5.01. The van der Waals surface area contributed by atoms with Crippen molar-refractivity contribution in [3.8, 4) is 0 Å². The normalized spacial score (nSPS) is 30.3. The van der Waals surface area contributed by atoms with Gasteiger partial charge in [-0.25, -0.2) is 0 Å². The number of hydrogen-bond acceptors (Lipinski definition) is 2. The molecule has 0 bridgehead atoms. The SMILES string of the molecule is Clc1cccc(C2CC(NCCC3CCOC3)C2)c1. The highest BCUT2D eigenvalue weighted by molar-refractivity contribution is 6.30. The van der Waals surface area contributed by atoms with Gasteiger partial charge in [0.25, 0.3) is 0 Å². The van der Waals surface area contributed by atoms with Crippen LogP contribution in [0.15, 0.2) is 24.3 Å². The van der Waals surface area contributed by atoms with Crippen LogP contribution in [0.4, 0.5) is 0 Å². The minimum absolute atomic E-state index is 0.700. The van der Waals surface area contributed by atoms with Gasteiger partial charge in [-0.1, -0.05) is 23.7 Å². The van der Waals surface area contributed by atoms with E-state index in [2.05, 4.69) is 23.5 Å². The lowest BCUT2D eigenvalue weighted by molar-refractivity contribution is 0.183. The lowest BCUT2D eigenvalue weighted by atomic mass is 9.76. The highest BCUT2D eigenvalue weighted by Gasteiger charge is 2.30. The number of hydrogen-bond donors (Lipinski definition) is 1. The van der Waals surface area contributed by atoms with Gasteiger partial charge in [0.15, 0.2) is 0 Å². The Balaban J connectivity index is 1.36. The Labute approximate surface area is 120 Å². The Bertz CT molecular complexity index is 411. The van der Waals surface area contributed by atoms with E-state index in [0.717, 1.165) is 30.7 Å². The van der Waals surface area contributed by atoms with Crippen LogP contribution in [0.25, 0.3) is 0 Å². The van der Waals surface area contributed by atoms with Gasteiger partial charge in [-0.3, -0.25) is 0 Å². The lowest BCUT2D eigenvalue weighted by Gasteiger charge is -2.36. The monoisotopic (exact) mass is 279 g/mol. The maximum atomic E-state index is 6.04. The van der Waals surface area contributed by atoms with Gasteiger partial charge in [-0.05, 0) is 61.8 Å². The molecule has 1 N–H and O–H groups in total. The van der Waals surface area contributed by atoms with Crippen LogP contribution in [0.3, 0.4) is 0 Å². The van der Waals surface area contributed by atoms with E-state index >= 15 is 0 Å². The largest absolute Gasteiger partial charge is 0.381 e. The highest BCUT2D eigenvalue weighted by Crippen LogP contribution is 2.37. The molecule has 3 rings (SSSR count). The minimum Gasteiger partial charge on any atom is -0.381 e. The summed E-state index contributed by atoms with van der Waals surface area (Å²) in [6, 6.07) is 9.01. The first kappa shape index (κ1) is 13.4. The van der Waals surface area contributed by atoms with Crippen molar-refractivity contribution in [2.24, 2.45) is 5.92 Å². The fraction of sp³-hybridized carbons (Fsp3) is 0.625. The molecule has 2 fully saturated rings. The summed E-state index contributed by atoms with van der Waals surface area (Å²) in [5.74, 6) is 1.49. The van der Waals surface area contributed by atoms with Crippen molar-refractivity contribution in [2.45, 2.75) is 37.6 Å². The molecule has 1 heterocycles. The summed E-state index contributed by atoms with van der Waals surface area (Å²) < 4.78 is 5.40. The first-order valence-electron chi connectivity index (χ1n) is 7.38.